The number of aromatic nitrogens is 1. The van der Waals surface area contributed by atoms with Gasteiger partial charge >= 0.3 is 0 Å². The number of rotatable bonds is 3. The molecule has 0 radical (unpaired) electrons. The summed E-state index contributed by atoms with van der Waals surface area (Å²) in [7, 11) is 0. The molecule has 1 N–H and O–H groups in total. The van der Waals surface area contributed by atoms with Crippen LogP contribution in [0.3, 0.4) is 0 Å². The fourth-order valence-electron chi connectivity index (χ4n) is 3.10. The molecule has 5 heteroatoms. The topological polar surface area (TPSA) is 37.3 Å². The van der Waals surface area contributed by atoms with Gasteiger partial charge in [0.25, 0.3) is 0 Å². The van der Waals surface area contributed by atoms with E-state index in [2.05, 4.69) is 10.2 Å². The normalized spacial score (nSPS) is 18.0. The van der Waals surface area contributed by atoms with Crippen molar-refractivity contribution in [2.75, 3.05) is 32.9 Å². The Morgan fingerprint density at radius 2 is 2.05 bits per heavy atom. The zero-order valence-electron chi connectivity index (χ0n) is 12.2. The molecule has 112 valence electrons. The molecule has 0 spiro atoms. The second-order valence-corrected chi connectivity index (χ2v) is 5.45. The van der Waals surface area contributed by atoms with Crippen molar-refractivity contribution in [1.29, 1.82) is 0 Å². The van der Waals surface area contributed by atoms with Gasteiger partial charge in [-0.2, -0.15) is 0 Å². The van der Waals surface area contributed by atoms with Gasteiger partial charge in [0.15, 0.2) is 0 Å². The molecule has 1 aliphatic rings. The molecule has 3 rings (SSSR count). The fourth-order valence-corrected chi connectivity index (χ4v) is 3.10. The molecule has 4 nitrogen and oxygen atoms in total. The van der Waals surface area contributed by atoms with Gasteiger partial charge in [-0.1, -0.05) is 18.2 Å². The third kappa shape index (κ3) is 2.59. The summed E-state index contributed by atoms with van der Waals surface area (Å²) in [6, 6.07) is 7.43. The number of benzene rings is 1. The second-order valence-electron chi connectivity index (χ2n) is 5.45. The summed E-state index contributed by atoms with van der Waals surface area (Å²) in [5.74, 6) is -0.0460. The average molecular weight is 289 g/mol. The first-order chi connectivity index (χ1) is 10.2. The minimum Gasteiger partial charge on any atom is -0.314 e. The number of halogens is 1. The molecule has 0 saturated carbocycles. The van der Waals surface area contributed by atoms with Crippen molar-refractivity contribution < 1.29 is 9.18 Å². The Kier molecular flexibility index (Phi) is 4.03. The molecule has 1 aliphatic heterocycles. The van der Waals surface area contributed by atoms with E-state index >= 15 is 0 Å². The van der Waals surface area contributed by atoms with Crippen molar-refractivity contribution >= 4 is 16.8 Å². The first kappa shape index (κ1) is 14.2. The van der Waals surface area contributed by atoms with Crippen LogP contribution in [0.25, 0.3) is 10.9 Å². The van der Waals surface area contributed by atoms with E-state index in [0.717, 1.165) is 42.6 Å². The lowest BCUT2D eigenvalue weighted by atomic mass is 10.0. The van der Waals surface area contributed by atoms with Gasteiger partial charge in [-0.3, -0.25) is 14.3 Å². The number of para-hydroxylation sites is 1. The first-order valence-electron chi connectivity index (χ1n) is 7.34. The summed E-state index contributed by atoms with van der Waals surface area (Å²) in [6.07, 6.45) is 1.80. The van der Waals surface area contributed by atoms with Crippen molar-refractivity contribution in [2.45, 2.75) is 13.0 Å². The number of piperazine rings is 1. The molecular formula is C16H20FN3O. The van der Waals surface area contributed by atoms with Crippen LogP contribution < -0.4 is 5.32 Å². The second kappa shape index (κ2) is 5.95. The quantitative estimate of drug-likeness (QED) is 0.941. The molecule has 2 heterocycles. The van der Waals surface area contributed by atoms with Crippen LogP contribution in [0.1, 0.15) is 23.3 Å². The molecule has 0 aliphatic carbocycles. The molecule has 1 aromatic heterocycles. The van der Waals surface area contributed by atoms with Gasteiger partial charge < -0.3 is 5.32 Å². The van der Waals surface area contributed by atoms with Crippen LogP contribution in [0.5, 0.6) is 0 Å². The molecule has 1 aromatic carbocycles. The highest BCUT2D eigenvalue weighted by atomic mass is 19.1. The minimum atomic E-state index is -0.439. The van der Waals surface area contributed by atoms with E-state index in [1.54, 1.807) is 10.8 Å². The Bertz CT molecular complexity index is 646. The van der Waals surface area contributed by atoms with Crippen LogP contribution in [-0.4, -0.2) is 48.2 Å². The number of nitrogens with zero attached hydrogens (tertiary/aromatic N) is 2. The van der Waals surface area contributed by atoms with Crippen molar-refractivity contribution in [2.24, 2.45) is 0 Å². The molecule has 1 saturated heterocycles. The number of carbonyl (C=O) groups excluding carboxylic acids is 1. The molecule has 2 aromatic rings. The fraction of sp³-hybridized carbons (Fsp3) is 0.438. The van der Waals surface area contributed by atoms with E-state index in [1.165, 1.54) is 6.92 Å². The summed E-state index contributed by atoms with van der Waals surface area (Å²) >= 11 is 0. The molecule has 0 unspecified atom stereocenters. The number of nitrogens with one attached hydrogen (secondary N) is 1. The van der Waals surface area contributed by atoms with E-state index in [9.17, 15) is 9.18 Å². The first-order valence-corrected chi connectivity index (χ1v) is 7.34. The molecule has 21 heavy (non-hydrogen) atoms. The minimum absolute atomic E-state index is 0.0460. The van der Waals surface area contributed by atoms with E-state index in [-0.39, 0.29) is 11.9 Å². The lowest BCUT2D eigenvalue weighted by molar-refractivity contribution is 0.0940. The maximum absolute atomic E-state index is 13.7. The summed E-state index contributed by atoms with van der Waals surface area (Å²) in [6.45, 7) is 4.50. The molecule has 1 atom stereocenters. The highest BCUT2D eigenvalue weighted by molar-refractivity contribution is 5.93. The average Bonchev–Trinajstić information content (AvgIpc) is 2.89. The van der Waals surface area contributed by atoms with E-state index in [0.29, 0.717) is 0 Å². The Hall–Kier alpha value is -1.72. The Labute approximate surface area is 123 Å². The Balaban J connectivity index is 2.07. The molecular weight excluding hydrogens is 269 g/mol. The standard InChI is InChI=1S/C16H20FN3O/c1-12(21)20-11-14(13-4-2-3-5-15(13)20)16(10-17)19-8-6-18-7-9-19/h2-5,11,16,18H,6-10H2,1H3/t16-/m1/s1. The molecule has 0 bridgehead atoms. The third-order valence-electron chi connectivity index (χ3n) is 4.18. The summed E-state index contributed by atoms with van der Waals surface area (Å²) in [5.41, 5.74) is 1.76. The van der Waals surface area contributed by atoms with Gasteiger partial charge in [0.1, 0.15) is 6.67 Å². The zero-order chi connectivity index (χ0) is 14.8. The van der Waals surface area contributed by atoms with Gasteiger partial charge in [-0.05, 0) is 11.6 Å². The molecule has 1 fully saturated rings. The third-order valence-corrected chi connectivity index (χ3v) is 4.18. The van der Waals surface area contributed by atoms with Crippen molar-refractivity contribution in [3.05, 3.63) is 36.0 Å². The monoisotopic (exact) mass is 289 g/mol. The summed E-state index contributed by atoms with van der Waals surface area (Å²) in [4.78, 5) is 14.0. The SMILES string of the molecule is CC(=O)n1cc([C@@H](CF)N2CCNCC2)c2ccccc21. The highest BCUT2D eigenvalue weighted by Crippen LogP contribution is 2.30. The van der Waals surface area contributed by atoms with Gasteiger partial charge in [0, 0.05) is 44.7 Å². The van der Waals surface area contributed by atoms with Crippen LogP contribution in [-0.2, 0) is 0 Å². The van der Waals surface area contributed by atoms with Crippen LogP contribution >= 0.6 is 0 Å². The summed E-state index contributed by atoms with van der Waals surface area (Å²) < 4.78 is 15.3. The van der Waals surface area contributed by atoms with Gasteiger partial charge in [-0.15, -0.1) is 0 Å². The van der Waals surface area contributed by atoms with E-state index < -0.39 is 6.67 Å². The van der Waals surface area contributed by atoms with Crippen molar-refractivity contribution in [3.63, 3.8) is 0 Å². The van der Waals surface area contributed by atoms with Crippen LogP contribution in [0.15, 0.2) is 30.5 Å². The van der Waals surface area contributed by atoms with Crippen LogP contribution in [0, 0.1) is 0 Å². The number of hydrogen-bond donors (Lipinski definition) is 1. The van der Waals surface area contributed by atoms with Crippen LogP contribution in [0.2, 0.25) is 0 Å². The number of carbonyl (C=O) groups is 1. The van der Waals surface area contributed by atoms with E-state index in [1.807, 2.05) is 24.3 Å². The Morgan fingerprint density at radius 3 is 2.71 bits per heavy atom. The van der Waals surface area contributed by atoms with Crippen LogP contribution in [0.4, 0.5) is 4.39 Å². The predicted octanol–water partition coefficient (Wildman–Crippen LogP) is 2.22. The summed E-state index contributed by atoms with van der Waals surface area (Å²) in [5, 5.41) is 4.25. The van der Waals surface area contributed by atoms with Crippen molar-refractivity contribution in [3.8, 4) is 0 Å². The largest absolute Gasteiger partial charge is 0.314 e. The van der Waals surface area contributed by atoms with Gasteiger partial charge in [0.05, 0.1) is 11.6 Å². The lowest BCUT2D eigenvalue weighted by Crippen LogP contribution is -2.45. The van der Waals surface area contributed by atoms with Gasteiger partial charge in [-0.25, -0.2) is 4.39 Å². The smallest absolute Gasteiger partial charge is 0.227 e. The number of fused-ring (bicyclic) bond motifs is 1. The molecule has 0 amide bonds. The lowest BCUT2D eigenvalue weighted by Gasteiger charge is -2.33. The van der Waals surface area contributed by atoms with E-state index in [4.69, 9.17) is 0 Å². The number of alkyl halides is 1. The zero-order valence-corrected chi connectivity index (χ0v) is 12.2. The Morgan fingerprint density at radius 1 is 1.33 bits per heavy atom. The predicted molar refractivity (Wildman–Crippen MR) is 81.4 cm³/mol. The maximum Gasteiger partial charge on any atom is 0.227 e. The van der Waals surface area contributed by atoms with Crippen molar-refractivity contribution in [1.82, 2.24) is 14.8 Å². The highest BCUT2D eigenvalue weighted by Gasteiger charge is 2.25. The maximum atomic E-state index is 13.7. The van der Waals surface area contributed by atoms with Gasteiger partial charge in [0.2, 0.25) is 5.91 Å². The number of hydrogen-bond acceptors (Lipinski definition) is 3.